The summed E-state index contributed by atoms with van der Waals surface area (Å²) < 4.78 is 57.1. The Bertz CT molecular complexity index is 501. The number of rotatable bonds is 8. The van der Waals surface area contributed by atoms with E-state index < -0.39 is 20.2 Å². The third kappa shape index (κ3) is 5.61. The van der Waals surface area contributed by atoms with Crippen LogP contribution >= 0.6 is 11.6 Å². The molecule has 3 nitrogen and oxygen atoms in total. The van der Waals surface area contributed by atoms with Gasteiger partial charge in [0, 0.05) is 24.8 Å². The van der Waals surface area contributed by atoms with Crippen LogP contribution in [-0.4, -0.2) is 34.8 Å². The van der Waals surface area contributed by atoms with Crippen LogP contribution in [0.15, 0.2) is 29.5 Å². The van der Waals surface area contributed by atoms with E-state index in [-0.39, 0.29) is 19.8 Å². The summed E-state index contributed by atoms with van der Waals surface area (Å²) in [6.07, 6.45) is -3.63. The Labute approximate surface area is 140 Å². The van der Waals surface area contributed by atoms with Gasteiger partial charge in [-0.05, 0) is 44.5 Å². The van der Waals surface area contributed by atoms with Crippen molar-refractivity contribution >= 4 is 26.5 Å². The normalized spacial score (nSPS) is 13.4. The number of hydrogen-bond acceptors (Lipinski definition) is 3. The minimum absolute atomic E-state index is 0.0558. The average molecular weight is 369 g/mol. The molecule has 1 rings (SSSR count). The first-order chi connectivity index (χ1) is 10.8. The van der Waals surface area contributed by atoms with E-state index >= 15 is 0 Å². The minimum atomic E-state index is -4.63. The molecule has 0 radical (unpaired) electrons. The molecule has 0 fully saturated rings. The van der Waals surface area contributed by atoms with Crippen LogP contribution < -0.4 is 0 Å². The first-order valence-electron chi connectivity index (χ1n) is 7.25. The quantitative estimate of drug-likeness (QED) is 0.612. The first-order valence-corrected chi connectivity index (χ1v) is 9.36. The van der Waals surface area contributed by atoms with Crippen molar-refractivity contribution in [1.82, 2.24) is 0 Å². The Morgan fingerprint density at radius 2 is 1.43 bits per heavy atom. The fourth-order valence-electron chi connectivity index (χ4n) is 2.00. The van der Waals surface area contributed by atoms with Gasteiger partial charge < -0.3 is 13.3 Å². The van der Waals surface area contributed by atoms with Gasteiger partial charge in [-0.2, -0.15) is 13.2 Å². The third-order valence-corrected chi connectivity index (χ3v) is 6.17. The van der Waals surface area contributed by atoms with E-state index in [1.165, 1.54) is 24.3 Å². The van der Waals surface area contributed by atoms with Gasteiger partial charge in [0.25, 0.3) is 0 Å². The molecule has 1 aromatic rings. The van der Waals surface area contributed by atoms with Gasteiger partial charge in [0.2, 0.25) is 0 Å². The second kappa shape index (κ2) is 8.84. The molecule has 0 unspecified atom stereocenters. The molecule has 0 aliphatic carbocycles. The lowest BCUT2D eigenvalue weighted by Gasteiger charge is -2.31. The highest BCUT2D eigenvalue weighted by atomic mass is 35.5. The van der Waals surface area contributed by atoms with Crippen molar-refractivity contribution in [1.29, 1.82) is 0 Å². The molecular formula is C15H20ClF3O3Si. The summed E-state index contributed by atoms with van der Waals surface area (Å²) in [4.78, 5) is 0. The zero-order valence-corrected chi connectivity index (χ0v) is 15.0. The lowest BCUT2D eigenvalue weighted by atomic mass is 10.2. The molecule has 0 aliphatic rings. The van der Waals surface area contributed by atoms with Crippen LogP contribution in [0.1, 0.15) is 26.3 Å². The molecule has 130 valence electrons. The SMILES string of the molecule is CCO[Si](OCC)(OCC)/C(=C/c1ccc(Cl)cc1)C(F)(F)F. The van der Waals surface area contributed by atoms with Crippen molar-refractivity contribution < 1.29 is 26.4 Å². The molecule has 0 amide bonds. The second-order valence-corrected chi connectivity index (χ2v) is 7.42. The fourth-order valence-corrected chi connectivity index (χ4v) is 4.67. The highest BCUT2D eigenvalue weighted by Gasteiger charge is 2.57. The zero-order valence-electron chi connectivity index (χ0n) is 13.2. The van der Waals surface area contributed by atoms with E-state index in [4.69, 9.17) is 24.9 Å². The number of benzene rings is 1. The van der Waals surface area contributed by atoms with Gasteiger partial charge in [0.05, 0.1) is 0 Å². The Hall–Kier alpha value is -0.863. The molecule has 0 saturated carbocycles. The van der Waals surface area contributed by atoms with E-state index in [9.17, 15) is 13.2 Å². The summed E-state index contributed by atoms with van der Waals surface area (Å²) in [5.41, 5.74) is 0.345. The highest BCUT2D eigenvalue weighted by Crippen LogP contribution is 2.36. The molecule has 23 heavy (non-hydrogen) atoms. The number of alkyl halides is 3. The van der Waals surface area contributed by atoms with Crippen LogP contribution in [0, 0.1) is 0 Å². The lowest BCUT2D eigenvalue weighted by molar-refractivity contribution is -0.0939. The van der Waals surface area contributed by atoms with Crippen LogP contribution in [0.2, 0.25) is 5.02 Å². The van der Waals surface area contributed by atoms with Gasteiger partial charge in [0.15, 0.2) is 0 Å². The van der Waals surface area contributed by atoms with E-state index in [0.29, 0.717) is 10.6 Å². The van der Waals surface area contributed by atoms with Gasteiger partial charge in [-0.1, -0.05) is 23.7 Å². The van der Waals surface area contributed by atoms with Crippen molar-refractivity contribution in [3.63, 3.8) is 0 Å². The van der Waals surface area contributed by atoms with Gasteiger partial charge in [-0.3, -0.25) is 0 Å². The van der Waals surface area contributed by atoms with Crippen LogP contribution in [0.5, 0.6) is 0 Å². The monoisotopic (exact) mass is 368 g/mol. The highest BCUT2D eigenvalue weighted by molar-refractivity contribution is 6.70. The molecular weight excluding hydrogens is 349 g/mol. The topological polar surface area (TPSA) is 27.7 Å². The summed E-state index contributed by atoms with van der Waals surface area (Å²) in [5, 5.41) is -0.475. The maximum atomic E-state index is 13.7. The molecule has 0 aliphatic heterocycles. The summed E-state index contributed by atoms with van der Waals surface area (Å²) in [6.45, 7) is 4.99. The van der Waals surface area contributed by atoms with E-state index in [1.807, 2.05) is 0 Å². The van der Waals surface area contributed by atoms with Crippen LogP contribution in [0.3, 0.4) is 0 Å². The maximum Gasteiger partial charge on any atom is 0.542 e. The van der Waals surface area contributed by atoms with Crippen molar-refractivity contribution in [2.24, 2.45) is 0 Å². The smallest absolute Gasteiger partial charge is 0.370 e. The first kappa shape index (κ1) is 20.2. The maximum absolute atomic E-state index is 13.7. The summed E-state index contributed by atoms with van der Waals surface area (Å²) in [7, 11) is -4.05. The molecule has 0 N–H and O–H groups in total. The minimum Gasteiger partial charge on any atom is -0.370 e. The van der Waals surface area contributed by atoms with Crippen LogP contribution in [0.25, 0.3) is 6.08 Å². The predicted octanol–water partition coefficient (Wildman–Crippen LogP) is 4.87. The summed E-state index contributed by atoms with van der Waals surface area (Å²) >= 11 is 5.77. The number of allylic oxidation sites excluding steroid dienone is 1. The average Bonchev–Trinajstić information content (AvgIpc) is 2.46. The Morgan fingerprint density at radius 3 is 1.78 bits per heavy atom. The Balaban J connectivity index is 3.43. The van der Waals surface area contributed by atoms with Gasteiger partial charge in [-0.15, -0.1) is 0 Å². The van der Waals surface area contributed by atoms with E-state index in [0.717, 1.165) is 6.08 Å². The fraction of sp³-hybridized carbons (Fsp3) is 0.467. The van der Waals surface area contributed by atoms with Crippen molar-refractivity contribution in [2.45, 2.75) is 26.9 Å². The summed E-state index contributed by atoms with van der Waals surface area (Å²) in [6, 6.07) is 6.04. The zero-order chi connectivity index (χ0) is 17.5. The second-order valence-electron chi connectivity index (χ2n) is 4.46. The third-order valence-electron chi connectivity index (χ3n) is 2.82. The molecule has 0 spiro atoms. The molecule has 1 aromatic carbocycles. The molecule has 0 heterocycles. The van der Waals surface area contributed by atoms with Crippen molar-refractivity contribution in [2.75, 3.05) is 19.8 Å². The Kier molecular flexibility index (Phi) is 7.76. The molecule has 0 atom stereocenters. The largest absolute Gasteiger partial charge is 0.542 e. The molecule has 0 aromatic heterocycles. The molecule has 8 heteroatoms. The lowest BCUT2D eigenvalue weighted by Crippen LogP contribution is -2.52. The van der Waals surface area contributed by atoms with E-state index in [1.54, 1.807) is 20.8 Å². The van der Waals surface area contributed by atoms with Crippen molar-refractivity contribution in [3.05, 3.63) is 40.0 Å². The number of halogens is 4. The number of hydrogen-bond donors (Lipinski definition) is 0. The molecule has 0 bridgehead atoms. The van der Waals surface area contributed by atoms with Gasteiger partial charge >= 0.3 is 15.0 Å². The summed E-state index contributed by atoms with van der Waals surface area (Å²) in [5.74, 6) is 0. The van der Waals surface area contributed by atoms with Crippen LogP contribution in [-0.2, 0) is 13.3 Å². The van der Waals surface area contributed by atoms with Gasteiger partial charge in [0.1, 0.15) is 5.20 Å². The van der Waals surface area contributed by atoms with E-state index in [2.05, 4.69) is 0 Å². The predicted molar refractivity (Wildman–Crippen MR) is 86.1 cm³/mol. The Morgan fingerprint density at radius 1 is 1.00 bits per heavy atom. The van der Waals surface area contributed by atoms with Crippen LogP contribution in [0.4, 0.5) is 13.2 Å². The van der Waals surface area contributed by atoms with Gasteiger partial charge in [-0.25, -0.2) is 0 Å². The molecule has 0 saturated heterocycles. The van der Waals surface area contributed by atoms with Crippen molar-refractivity contribution in [3.8, 4) is 0 Å². The standard InChI is InChI=1S/C15H20ClF3O3Si/c1-4-20-23(21-5-2,22-6-3)14(15(17,18)19)11-12-7-9-13(16)10-8-12/h7-11H,4-6H2,1-3H3/b14-11+.